The average Bonchev–Trinajstić information content (AvgIpc) is 2.36. The highest BCUT2D eigenvalue weighted by Gasteiger charge is 2.07. The number of aromatic nitrogens is 3. The van der Waals surface area contributed by atoms with Gasteiger partial charge in [-0.25, -0.2) is 0 Å². The van der Waals surface area contributed by atoms with E-state index in [1.54, 1.807) is 4.68 Å². The van der Waals surface area contributed by atoms with E-state index in [0.29, 0.717) is 12.5 Å². The molecular formula is C7H14N4. The van der Waals surface area contributed by atoms with E-state index >= 15 is 0 Å². The Balaban J connectivity index is 2.60. The van der Waals surface area contributed by atoms with Crippen LogP contribution in [0.3, 0.4) is 0 Å². The molecule has 11 heavy (non-hydrogen) atoms. The van der Waals surface area contributed by atoms with Crippen molar-refractivity contribution in [3.05, 3.63) is 11.9 Å². The third-order valence-corrected chi connectivity index (χ3v) is 1.72. The molecule has 1 aromatic heterocycles. The number of nitrogens with zero attached hydrogens (tertiary/aromatic N) is 3. The lowest BCUT2D eigenvalue weighted by Gasteiger charge is -2.03. The topological polar surface area (TPSA) is 56.7 Å². The normalized spacial score (nSPS) is 13.4. The quantitative estimate of drug-likeness (QED) is 0.679. The van der Waals surface area contributed by atoms with Crippen molar-refractivity contribution in [3.8, 4) is 0 Å². The molecule has 2 N–H and O–H groups in total. The third kappa shape index (κ3) is 2.01. The van der Waals surface area contributed by atoms with Crippen molar-refractivity contribution < 1.29 is 0 Å². The summed E-state index contributed by atoms with van der Waals surface area (Å²) in [6, 6.07) is 0. The van der Waals surface area contributed by atoms with E-state index in [9.17, 15) is 0 Å². The summed E-state index contributed by atoms with van der Waals surface area (Å²) in [5.41, 5.74) is 6.44. The lowest BCUT2D eigenvalue weighted by Crippen LogP contribution is -2.04. The summed E-state index contributed by atoms with van der Waals surface area (Å²) >= 11 is 0. The van der Waals surface area contributed by atoms with Crippen molar-refractivity contribution in [3.63, 3.8) is 0 Å². The van der Waals surface area contributed by atoms with E-state index in [4.69, 9.17) is 5.73 Å². The molecule has 0 bridgehead atoms. The maximum Gasteiger partial charge on any atom is 0.0855 e. The molecule has 0 radical (unpaired) electrons. The fraction of sp³-hybridized carbons (Fsp3) is 0.714. The average molecular weight is 154 g/mol. The maximum absolute atomic E-state index is 5.42. The molecule has 0 saturated carbocycles. The molecule has 0 aliphatic rings. The van der Waals surface area contributed by atoms with E-state index in [2.05, 4.69) is 17.2 Å². The Morgan fingerprint density at radius 3 is 2.91 bits per heavy atom. The maximum atomic E-state index is 5.42. The predicted molar refractivity (Wildman–Crippen MR) is 43.1 cm³/mol. The molecule has 0 aliphatic heterocycles. The van der Waals surface area contributed by atoms with Crippen LogP contribution in [0.25, 0.3) is 0 Å². The molecule has 1 rings (SSSR count). The lowest BCUT2D eigenvalue weighted by molar-refractivity contribution is 0.664. The summed E-state index contributed by atoms with van der Waals surface area (Å²) in [6.07, 6.45) is 2.90. The number of aryl methyl sites for hydroxylation is 1. The van der Waals surface area contributed by atoms with Crippen molar-refractivity contribution in [2.75, 3.05) is 6.54 Å². The van der Waals surface area contributed by atoms with Crippen LogP contribution in [0.5, 0.6) is 0 Å². The summed E-state index contributed by atoms with van der Waals surface area (Å²) < 4.78 is 1.71. The van der Waals surface area contributed by atoms with Gasteiger partial charge in [0.05, 0.1) is 5.69 Å². The summed E-state index contributed by atoms with van der Waals surface area (Å²) in [5, 5.41) is 7.84. The lowest BCUT2D eigenvalue weighted by atomic mass is 10.1. The summed E-state index contributed by atoms with van der Waals surface area (Å²) in [5.74, 6) is 0.425. The van der Waals surface area contributed by atoms with Crippen molar-refractivity contribution >= 4 is 0 Å². The highest BCUT2D eigenvalue weighted by atomic mass is 15.4. The fourth-order valence-electron chi connectivity index (χ4n) is 0.989. The minimum absolute atomic E-state index is 0.425. The molecule has 4 nitrogen and oxygen atoms in total. The van der Waals surface area contributed by atoms with Crippen molar-refractivity contribution in [2.45, 2.75) is 19.3 Å². The molecule has 0 amide bonds. The molecule has 0 fully saturated rings. The minimum atomic E-state index is 0.425. The van der Waals surface area contributed by atoms with Gasteiger partial charge < -0.3 is 5.73 Å². The molecule has 1 unspecified atom stereocenters. The van der Waals surface area contributed by atoms with Gasteiger partial charge in [0.15, 0.2) is 0 Å². The Hall–Kier alpha value is -0.900. The highest BCUT2D eigenvalue weighted by Crippen LogP contribution is 2.13. The van der Waals surface area contributed by atoms with Gasteiger partial charge in [-0.3, -0.25) is 4.68 Å². The molecule has 0 aromatic carbocycles. The van der Waals surface area contributed by atoms with E-state index in [1.165, 1.54) is 0 Å². The van der Waals surface area contributed by atoms with E-state index < -0.39 is 0 Å². The van der Waals surface area contributed by atoms with Crippen molar-refractivity contribution in [1.29, 1.82) is 0 Å². The van der Waals surface area contributed by atoms with Crippen molar-refractivity contribution in [2.24, 2.45) is 12.8 Å². The first kappa shape index (κ1) is 8.20. The highest BCUT2D eigenvalue weighted by molar-refractivity contribution is 4.99. The molecule has 4 heteroatoms. The Morgan fingerprint density at radius 2 is 2.45 bits per heavy atom. The van der Waals surface area contributed by atoms with Crippen LogP contribution in [0.1, 0.15) is 25.0 Å². The van der Waals surface area contributed by atoms with Crippen LogP contribution in [-0.4, -0.2) is 21.5 Å². The SMILES string of the molecule is CC(CCN)c1cn(C)nn1. The van der Waals surface area contributed by atoms with Crippen LogP contribution < -0.4 is 5.73 Å². The molecule has 0 aliphatic carbocycles. The standard InChI is InChI=1S/C7H14N4/c1-6(3-4-8)7-5-11(2)10-9-7/h5-6H,3-4,8H2,1-2H3. The largest absolute Gasteiger partial charge is 0.330 e. The first-order chi connectivity index (χ1) is 5.24. The van der Waals surface area contributed by atoms with Gasteiger partial charge in [0.2, 0.25) is 0 Å². The van der Waals surface area contributed by atoms with Gasteiger partial charge in [0.1, 0.15) is 0 Å². The van der Waals surface area contributed by atoms with Crippen LogP contribution in [0, 0.1) is 0 Å². The van der Waals surface area contributed by atoms with Crippen LogP contribution >= 0.6 is 0 Å². The fourth-order valence-corrected chi connectivity index (χ4v) is 0.989. The minimum Gasteiger partial charge on any atom is -0.330 e. The number of rotatable bonds is 3. The zero-order chi connectivity index (χ0) is 8.27. The van der Waals surface area contributed by atoms with Gasteiger partial charge in [-0.2, -0.15) is 0 Å². The molecular weight excluding hydrogens is 140 g/mol. The summed E-state index contributed by atoms with van der Waals surface area (Å²) in [7, 11) is 1.87. The summed E-state index contributed by atoms with van der Waals surface area (Å²) in [4.78, 5) is 0. The van der Waals surface area contributed by atoms with Crippen LogP contribution in [0.15, 0.2) is 6.20 Å². The van der Waals surface area contributed by atoms with E-state index in [0.717, 1.165) is 12.1 Å². The molecule has 1 heterocycles. The number of hydrogen-bond acceptors (Lipinski definition) is 3. The van der Waals surface area contributed by atoms with Crippen LogP contribution in [0.4, 0.5) is 0 Å². The second-order valence-corrected chi connectivity index (χ2v) is 2.80. The molecule has 1 atom stereocenters. The van der Waals surface area contributed by atoms with Crippen LogP contribution in [-0.2, 0) is 7.05 Å². The Labute approximate surface area is 66.4 Å². The Bertz CT molecular complexity index is 218. The van der Waals surface area contributed by atoms with Crippen LogP contribution in [0.2, 0.25) is 0 Å². The molecule has 62 valence electrons. The van der Waals surface area contributed by atoms with Gasteiger partial charge in [-0.1, -0.05) is 12.1 Å². The predicted octanol–water partition coefficient (Wildman–Crippen LogP) is 0.267. The zero-order valence-electron chi connectivity index (χ0n) is 6.99. The van der Waals surface area contributed by atoms with Gasteiger partial charge in [0, 0.05) is 19.2 Å². The third-order valence-electron chi connectivity index (χ3n) is 1.72. The second kappa shape index (κ2) is 3.48. The number of hydrogen-bond donors (Lipinski definition) is 1. The van der Waals surface area contributed by atoms with E-state index in [-0.39, 0.29) is 0 Å². The number of nitrogens with two attached hydrogens (primary N) is 1. The Kier molecular flexibility index (Phi) is 2.59. The van der Waals surface area contributed by atoms with Gasteiger partial charge in [0.25, 0.3) is 0 Å². The van der Waals surface area contributed by atoms with Gasteiger partial charge in [-0.15, -0.1) is 5.10 Å². The summed E-state index contributed by atoms with van der Waals surface area (Å²) in [6.45, 7) is 2.81. The molecule has 1 aromatic rings. The zero-order valence-corrected chi connectivity index (χ0v) is 6.99. The monoisotopic (exact) mass is 154 g/mol. The van der Waals surface area contributed by atoms with Gasteiger partial charge in [-0.05, 0) is 13.0 Å². The second-order valence-electron chi connectivity index (χ2n) is 2.80. The molecule has 0 saturated heterocycles. The van der Waals surface area contributed by atoms with Gasteiger partial charge >= 0.3 is 0 Å². The first-order valence-electron chi connectivity index (χ1n) is 3.80. The van der Waals surface area contributed by atoms with Crippen molar-refractivity contribution in [1.82, 2.24) is 15.0 Å². The molecule has 0 spiro atoms. The Morgan fingerprint density at radius 1 is 1.73 bits per heavy atom. The first-order valence-corrected chi connectivity index (χ1v) is 3.80. The smallest absolute Gasteiger partial charge is 0.0855 e. The van der Waals surface area contributed by atoms with E-state index in [1.807, 2.05) is 13.2 Å².